The van der Waals surface area contributed by atoms with Crippen LogP contribution in [0.15, 0.2) is 0 Å². The van der Waals surface area contributed by atoms with Crippen molar-refractivity contribution in [2.45, 2.75) is 11.5 Å². The second kappa shape index (κ2) is 3.24. The van der Waals surface area contributed by atoms with Gasteiger partial charge in [-0.1, -0.05) is 0 Å². The number of hydrogen-bond donors (Lipinski definition) is 0. The molecule has 0 N–H and O–H groups in total. The molecule has 1 nitrogen and oxygen atoms in total. The fourth-order valence-corrected chi connectivity index (χ4v) is 0. The van der Waals surface area contributed by atoms with E-state index in [9.17, 15) is 0 Å². The third kappa shape index (κ3) is 5.05. The third-order valence-corrected chi connectivity index (χ3v) is 12.7. The van der Waals surface area contributed by atoms with Crippen LogP contribution >= 0.6 is 0 Å². The summed E-state index contributed by atoms with van der Waals surface area (Å²) in [6.07, 6.45) is 0. The van der Waals surface area contributed by atoms with Crippen molar-refractivity contribution in [1.29, 1.82) is 0 Å². The molecular weight excluding hydrogens is 185 g/mol. The molecule has 0 heterocycles. The first-order valence-electron chi connectivity index (χ1n) is 1.80. The van der Waals surface area contributed by atoms with E-state index in [0.29, 0.717) is 16.9 Å². The van der Waals surface area contributed by atoms with Crippen molar-refractivity contribution in [2.24, 2.45) is 0 Å². The zero-order valence-corrected chi connectivity index (χ0v) is 10.6. The van der Waals surface area contributed by atoms with Gasteiger partial charge >= 0.3 is 45.8 Å². The summed E-state index contributed by atoms with van der Waals surface area (Å²) in [6.45, 7) is 0. The summed E-state index contributed by atoms with van der Waals surface area (Å²) in [6, 6.07) is 0. The van der Waals surface area contributed by atoms with E-state index in [2.05, 4.69) is 11.5 Å². The molecule has 0 aliphatic rings. The molecular formula is C2H10Ge2O. The van der Waals surface area contributed by atoms with Gasteiger partial charge in [-0.3, -0.25) is 0 Å². The van der Waals surface area contributed by atoms with Gasteiger partial charge in [0.15, 0.2) is 0 Å². The van der Waals surface area contributed by atoms with Crippen molar-refractivity contribution in [3.8, 4) is 0 Å². The van der Waals surface area contributed by atoms with Gasteiger partial charge in [0, 0.05) is 0 Å². The molecule has 0 spiro atoms. The molecule has 0 aromatic heterocycles. The van der Waals surface area contributed by atoms with Crippen LogP contribution in [0.2, 0.25) is 11.5 Å². The molecule has 0 amide bonds. The van der Waals surface area contributed by atoms with E-state index in [1.54, 1.807) is 0 Å². The van der Waals surface area contributed by atoms with Crippen LogP contribution < -0.4 is 0 Å². The zero-order valence-electron chi connectivity index (χ0n) is 3.99. The van der Waals surface area contributed by atoms with Crippen molar-refractivity contribution in [1.82, 2.24) is 0 Å². The first-order chi connectivity index (χ1) is 2.27. The maximum atomic E-state index is 5.12. The summed E-state index contributed by atoms with van der Waals surface area (Å²) in [5.41, 5.74) is 0. The molecule has 0 rings (SSSR count). The van der Waals surface area contributed by atoms with Crippen LogP contribution in [0.4, 0.5) is 0 Å². The van der Waals surface area contributed by atoms with Crippen molar-refractivity contribution in [2.75, 3.05) is 0 Å². The average Bonchev–Trinajstić information content (AvgIpc) is 1.38. The number of rotatable bonds is 1. The monoisotopic (exact) mass is 198 g/mol. The van der Waals surface area contributed by atoms with E-state index in [0.717, 1.165) is 0 Å². The van der Waals surface area contributed by atoms with Gasteiger partial charge in [-0.15, -0.1) is 0 Å². The molecule has 0 bridgehead atoms. The molecule has 0 atom stereocenters. The first kappa shape index (κ1) is 6.05. The van der Waals surface area contributed by atoms with Crippen molar-refractivity contribution in [3.63, 3.8) is 0 Å². The Morgan fingerprint density at radius 3 is 1.80 bits per heavy atom. The van der Waals surface area contributed by atoms with E-state index in [-0.39, 0.29) is 0 Å². The van der Waals surface area contributed by atoms with Crippen molar-refractivity contribution in [3.05, 3.63) is 0 Å². The summed E-state index contributed by atoms with van der Waals surface area (Å²) < 4.78 is 5.12. The van der Waals surface area contributed by atoms with Crippen LogP contribution in [0.25, 0.3) is 0 Å². The second-order valence-corrected chi connectivity index (χ2v) is 11.8. The fraction of sp³-hybridized carbons (Fsp3) is 1.00. The zero-order chi connectivity index (χ0) is 4.28. The Labute approximate surface area is 46.1 Å². The summed E-state index contributed by atoms with van der Waals surface area (Å²) in [5.74, 6) is 4.47. The second-order valence-electron chi connectivity index (χ2n) is 1.28. The quantitative estimate of drug-likeness (QED) is 0.501. The predicted octanol–water partition coefficient (Wildman–Crippen LogP) is -0.733. The topological polar surface area (TPSA) is 9.23 Å². The molecule has 0 radical (unpaired) electrons. The van der Waals surface area contributed by atoms with Gasteiger partial charge in [0.2, 0.25) is 0 Å². The van der Waals surface area contributed by atoms with Crippen LogP contribution in [0, 0.1) is 0 Å². The summed E-state index contributed by atoms with van der Waals surface area (Å²) in [4.78, 5) is 0. The molecule has 3 heteroatoms. The molecule has 0 saturated heterocycles. The minimum atomic E-state index is -0.928. The van der Waals surface area contributed by atoms with Crippen LogP contribution in [-0.2, 0) is 2.79 Å². The Morgan fingerprint density at radius 1 is 1.60 bits per heavy atom. The normalized spacial score (nSPS) is 10.2. The van der Waals surface area contributed by atoms with Crippen molar-refractivity contribution >= 4 is 31.5 Å². The Bertz CT molecular complexity index is 21.6. The van der Waals surface area contributed by atoms with Gasteiger partial charge < -0.3 is 0 Å². The van der Waals surface area contributed by atoms with Crippen LogP contribution in [0.5, 0.6) is 0 Å². The number of hydrogen-bond acceptors (Lipinski definition) is 1. The molecule has 0 saturated carbocycles. The van der Waals surface area contributed by atoms with E-state index < -0.39 is 14.7 Å². The summed E-state index contributed by atoms with van der Waals surface area (Å²) >= 11 is -0.260. The van der Waals surface area contributed by atoms with E-state index in [1.807, 2.05) is 0 Å². The molecule has 0 fully saturated rings. The third-order valence-electron chi connectivity index (χ3n) is 0.471. The fourth-order valence-electron chi connectivity index (χ4n) is 0. The van der Waals surface area contributed by atoms with E-state index in [1.165, 1.54) is 0 Å². The SMILES string of the molecule is [CH3][GeH]([CH3])[O][GeH3]. The van der Waals surface area contributed by atoms with E-state index in [4.69, 9.17) is 2.79 Å². The maximum absolute atomic E-state index is 5.12. The molecule has 0 aliphatic carbocycles. The molecule has 0 unspecified atom stereocenters. The molecule has 32 valence electrons. The molecule has 0 aromatic rings. The molecule has 0 aromatic carbocycles. The molecule has 0 aliphatic heterocycles. The van der Waals surface area contributed by atoms with Crippen LogP contribution in [-0.4, -0.2) is 31.5 Å². The first-order valence-corrected chi connectivity index (χ1v) is 9.35. The van der Waals surface area contributed by atoms with Gasteiger partial charge in [-0.25, -0.2) is 0 Å². The van der Waals surface area contributed by atoms with Crippen LogP contribution in [0.1, 0.15) is 0 Å². The van der Waals surface area contributed by atoms with Crippen LogP contribution in [0.3, 0.4) is 0 Å². The Morgan fingerprint density at radius 2 is 1.80 bits per heavy atom. The van der Waals surface area contributed by atoms with E-state index >= 15 is 0 Å². The average molecular weight is 195 g/mol. The van der Waals surface area contributed by atoms with Gasteiger partial charge in [-0.2, -0.15) is 0 Å². The Hall–Kier alpha value is 1.05. The predicted molar refractivity (Wildman–Crippen MR) is 29.9 cm³/mol. The van der Waals surface area contributed by atoms with Gasteiger partial charge in [-0.05, 0) is 0 Å². The molecule has 5 heavy (non-hydrogen) atoms. The van der Waals surface area contributed by atoms with Gasteiger partial charge in [0.05, 0.1) is 0 Å². The van der Waals surface area contributed by atoms with Gasteiger partial charge in [0.25, 0.3) is 0 Å². The summed E-state index contributed by atoms with van der Waals surface area (Å²) in [7, 11) is 0. The van der Waals surface area contributed by atoms with Crippen molar-refractivity contribution < 1.29 is 2.79 Å². The Kier molecular flexibility index (Phi) is 3.92. The van der Waals surface area contributed by atoms with Gasteiger partial charge in [0.1, 0.15) is 0 Å². The standard InChI is InChI=1S/C2H10Ge2O/c1-4(2)5-3/h4H,1-3H3. The summed E-state index contributed by atoms with van der Waals surface area (Å²) in [5, 5.41) is 0. The Balaban J connectivity index is 2.54. The minimum absolute atomic E-state index is 0.668.